The fraction of sp³-hybridized carbons (Fsp3) is 0.484. The molecular weight excluding hydrogens is 480 g/mol. The van der Waals surface area contributed by atoms with Crippen molar-refractivity contribution in [3.8, 4) is 23.3 Å². The number of aliphatic hydroxyl groups is 1. The number of hydrogen-bond donors (Lipinski definition) is 1. The molecule has 5 atom stereocenters. The van der Waals surface area contributed by atoms with Crippen LogP contribution in [0.25, 0.3) is 0 Å². The van der Waals surface area contributed by atoms with Gasteiger partial charge in [-0.3, -0.25) is 9.59 Å². The lowest BCUT2D eigenvalue weighted by Crippen LogP contribution is -2.77. The van der Waals surface area contributed by atoms with E-state index in [4.69, 9.17) is 9.47 Å². The molecule has 2 fully saturated rings. The van der Waals surface area contributed by atoms with Crippen molar-refractivity contribution in [1.29, 1.82) is 0 Å². The number of hydrogen-bond acceptors (Lipinski definition) is 6. The predicted octanol–water partition coefficient (Wildman–Crippen LogP) is 2.89. The van der Waals surface area contributed by atoms with Gasteiger partial charge in [0.05, 0.1) is 17.1 Å². The molecule has 6 rings (SSSR count). The summed E-state index contributed by atoms with van der Waals surface area (Å²) in [6.07, 6.45) is 2.06. The molecule has 38 heavy (non-hydrogen) atoms. The first-order valence-corrected chi connectivity index (χ1v) is 13.4. The first kappa shape index (κ1) is 25.0. The zero-order chi connectivity index (χ0) is 27.0. The third-order valence-corrected chi connectivity index (χ3v) is 9.58. The maximum Gasteiger partial charge on any atom is 0.308 e. The highest BCUT2D eigenvalue weighted by atomic mass is 16.6. The van der Waals surface area contributed by atoms with Gasteiger partial charge in [-0.1, -0.05) is 18.1 Å². The second-order valence-corrected chi connectivity index (χ2v) is 11.5. The number of aryl methyl sites for hydroxylation is 2. The fourth-order valence-corrected chi connectivity index (χ4v) is 7.53. The quantitative estimate of drug-likeness (QED) is 0.377. The van der Waals surface area contributed by atoms with Crippen molar-refractivity contribution >= 4 is 11.9 Å². The van der Waals surface area contributed by atoms with E-state index in [1.54, 1.807) is 18.0 Å². The van der Waals surface area contributed by atoms with Crippen LogP contribution in [0.4, 0.5) is 0 Å². The topological polar surface area (TPSA) is 79.3 Å². The molecule has 1 amide bonds. The van der Waals surface area contributed by atoms with Crippen molar-refractivity contribution < 1.29 is 24.2 Å². The van der Waals surface area contributed by atoms with Crippen LogP contribution in [-0.2, 0) is 21.4 Å². The number of ether oxygens (including phenoxy) is 2. The lowest BCUT2D eigenvalue weighted by Gasteiger charge is -2.64. The summed E-state index contributed by atoms with van der Waals surface area (Å²) < 4.78 is 12.2. The molecule has 1 saturated carbocycles. The van der Waals surface area contributed by atoms with Crippen molar-refractivity contribution in [2.75, 3.05) is 20.6 Å². The molecular formula is C31H34N2O5. The number of carbonyl (C=O) groups is 2. The Bertz CT molecular complexity index is 1420. The van der Waals surface area contributed by atoms with E-state index < -0.39 is 23.1 Å². The van der Waals surface area contributed by atoms with Crippen LogP contribution in [0.15, 0.2) is 30.3 Å². The second kappa shape index (κ2) is 8.59. The summed E-state index contributed by atoms with van der Waals surface area (Å²) in [6.45, 7) is 6.26. The molecule has 4 aliphatic rings. The number of amides is 1. The van der Waals surface area contributed by atoms with Gasteiger partial charge in [0.15, 0.2) is 11.5 Å². The van der Waals surface area contributed by atoms with Crippen molar-refractivity contribution in [1.82, 2.24) is 9.80 Å². The van der Waals surface area contributed by atoms with Crippen molar-refractivity contribution in [3.63, 3.8) is 0 Å². The molecule has 0 radical (unpaired) electrons. The Morgan fingerprint density at radius 2 is 1.97 bits per heavy atom. The predicted molar refractivity (Wildman–Crippen MR) is 142 cm³/mol. The Kier molecular flexibility index (Phi) is 5.64. The smallest absolute Gasteiger partial charge is 0.308 e. The molecule has 2 aromatic carbocycles. The summed E-state index contributed by atoms with van der Waals surface area (Å²) >= 11 is 0. The summed E-state index contributed by atoms with van der Waals surface area (Å²) in [6, 6.07) is 9.39. The van der Waals surface area contributed by atoms with Gasteiger partial charge in [0.1, 0.15) is 6.10 Å². The Labute approximate surface area is 223 Å². The summed E-state index contributed by atoms with van der Waals surface area (Å²) in [5, 5.41) is 12.4. The molecule has 7 heteroatoms. The summed E-state index contributed by atoms with van der Waals surface area (Å²) in [5.41, 5.74) is 3.49. The first-order chi connectivity index (χ1) is 18.1. The largest absolute Gasteiger partial charge is 0.483 e. The molecule has 1 N–H and O–H groups in total. The van der Waals surface area contributed by atoms with E-state index in [2.05, 4.69) is 23.8 Å². The molecule has 2 aliphatic heterocycles. The van der Waals surface area contributed by atoms with Crippen LogP contribution < -0.4 is 9.47 Å². The fourth-order valence-electron chi connectivity index (χ4n) is 7.53. The van der Waals surface area contributed by atoms with E-state index in [0.29, 0.717) is 37.2 Å². The average molecular weight is 515 g/mol. The van der Waals surface area contributed by atoms with Crippen LogP contribution in [0.5, 0.6) is 11.5 Å². The van der Waals surface area contributed by atoms with E-state index in [9.17, 15) is 14.7 Å². The number of carbonyl (C=O) groups excluding carboxylic acids is 2. The van der Waals surface area contributed by atoms with Crippen LogP contribution in [0.2, 0.25) is 0 Å². The summed E-state index contributed by atoms with van der Waals surface area (Å²) in [7, 11) is 3.85. The van der Waals surface area contributed by atoms with Crippen molar-refractivity contribution in [2.24, 2.45) is 0 Å². The molecule has 0 unspecified atom stereocenters. The Balaban J connectivity index is 1.40. The van der Waals surface area contributed by atoms with Gasteiger partial charge in [0.25, 0.3) is 5.91 Å². The van der Waals surface area contributed by atoms with Gasteiger partial charge < -0.3 is 24.4 Å². The number of rotatable bonds is 2. The minimum absolute atomic E-state index is 0.0492. The van der Waals surface area contributed by atoms with E-state index in [0.717, 1.165) is 28.8 Å². The van der Waals surface area contributed by atoms with E-state index in [-0.39, 0.29) is 18.0 Å². The lowest BCUT2D eigenvalue weighted by atomic mass is 9.48. The maximum atomic E-state index is 13.4. The standard InChI is InChI=1S/C31H34N2O5/c1-18-6-7-21(16-19(18)2)8-11-26(35)33(5)23-12-13-31(36)25-17-22-9-10-24(37-20(3)34)28-27(22)30(31,29(23)38-28)14-15-32(25)4/h6-7,9-10,16,23,25,29,36H,12-15,17H2,1-5H3/t23-,25+,29-,30-,31+/m0/s1. The van der Waals surface area contributed by atoms with E-state index in [1.807, 2.05) is 38.1 Å². The number of benzene rings is 2. The van der Waals surface area contributed by atoms with Crippen LogP contribution in [0, 0.1) is 25.7 Å². The molecule has 7 nitrogen and oxygen atoms in total. The van der Waals surface area contributed by atoms with Crippen molar-refractivity contribution in [2.45, 2.75) is 75.7 Å². The van der Waals surface area contributed by atoms with E-state index >= 15 is 0 Å². The van der Waals surface area contributed by atoms with Gasteiger partial charge in [-0.2, -0.15) is 0 Å². The maximum absolute atomic E-state index is 13.4. The number of likely N-dealkylation sites (N-methyl/N-ethyl adjacent to an activating group) is 2. The SMILES string of the molecule is CC(=O)Oc1ccc2c3c1O[C@H]1[C@@H](N(C)C(=O)C#Cc4ccc(C)c(C)c4)CC[C@@]4(O)[C@@H](C2)N(C)CC[C@]314. The lowest BCUT2D eigenvalue weighted by molar-refractivity contribution is -0.195. The van der Waals surface area contributed by atoms with Crippen LogP contribution >= 0.6 is 0 Å². The summed E-state index contributed by atoms with van der Waals surface area (Å²) in [4.78, 5) is 29.2. The second-order valence-electron chi connectivity index (χ2n) is 11.5. The zero-order valence-electron chi connectivity index (χ0n) is 22.6. The third-order valence-electron chi connectivity index (χ3n) is 9.58. The van der Waals surface area contributed by atoms with E-state index in [1.165, 1.54) is 12.5 Å². The van der Waals surface area contributed by atoms with Gasteiger partial charge in [0, 0.05) is 37.1 Å². The van der Waals surface area contributed by atoms with Gasteiger partial charge in [-0.15, -0.1) is 0 Å². The molecule has 2 aliphatic carbocycles. The number of nitrogens with zero attached hydrogens (tertiary/aromatic N) is 2. The molecule has 2 aromatic rings. The Hall–Kier alpha value is -3.34. The number of likely N-dealkylation sites (tertiary alicyclic amines) is 1. The molecule has 198 valence electrons. The third kappa shape index (κ3) is 3.36. The number of piperidine rings is 1. The molecule has 2 bridgehead atoms. The first-order valence-electron chi connectivity index (χ1n) is 13.4. The minimum atomic E-state index is -1.01. The van der Waals surface area contributed by atoms with Gasteiger partial charge >= 0.3 is 5.97 Å². The monoisotopic (exact) mass is 514 g/mol. The Morgan fingerprint density at radius 1 is 1.18 bits per heavy atom. The molecule has 2 heterocycles. The highest BCUT2D eigenvalue weighted by molar-refractivity contribution is 5.94. The zero-order valence-corrected chi connectivity index (χ0v) is 22.6. The summed E-state index contributed by atoms with van der Waals surface area (Å²) in [5.74, 6) is 6.07. The van der Waals surface area contributed by atoms with Crippen LogP contribution in [0.1, 0.15) is 54.0 Å². The van der Waals surface area contributed by atoms with Gasteiger partial charge in [0.2, 0.25) is 0 Å². The highest BCUT2D eigenvalue weighted by Crippen LogP contribution is 2.65. The number of esters is 1. The highest BCUT2D eigenvalue weighted by Gasteiger charge is 2.73. The van der Waals surface area contributed by atoms with Crippen molar-refractivity contribution in [3.05, 3.63) is 58.1 Å². The van der Waals surface area contributed by atoms with Gasteiger partial charge in [-0.05, 0) is 88.0 Å². The molecule has 1 saturated heterocycles. The van der Waals surface area contributed by atoms with Crippen LogP contribution in [-0.4, -0.2) is 71.2 Å². The average Bonchev–Trinajstić information content (AvgIpc) is 3.23. The Morgan fingerprint density at radius 3 is 2.71 bits per heavy atom. The molecule has 1 spiro atoms. The molecule has 0 aromatic heterocycles. The van der Waals surface area contributed by atoms with Crippen LogP contribution in [0.3, 0.4) is 0 Å². The minimum Gasteiger partial charge on any atom is -0.483 e. The normalized spacial score (nSPS) is 30.4. The van der Waals surface area contributed by atoms with Gasteiger partial charge in [-0.25, -0.2) is 0 Å².